The monoisotopic (exact) mass is 348 g/mol. The van der Waals surface area contributed by atoms with Crippen LogP contribution in [0.15, 0.2) is 60.9 Å². The van der Waals surface area contributed by atoms with E-state index >= 15 is 0 Å². The second-order valence-corrected chi connectivity index (χ2v) is 6.56. The van der Waals surface area contributed by atoms with Gasteiger partial charge >= 0.3 is 0 Å². The lowest BCUT2D eigenvalue weighted by Crippen LogP contribution is -2.43. The average molecular weight is 348 g/mol. The van der Waals surface area contributed by atoms with E-state index in [-0.39, 0.29) is 12.5 Å². The SMILES string of the molecule is O=C(NCC1(O)CCCc2ccccc21)c1cccc(-n2cccn2)n1. The molecule has 0 radical (unpaired) electrons. The molecule has 0 aliphatic heterocycles. The van der Waals surface area contributed by atoms with Crippen molar-refractivity contribution in [3.63, 3.8) is 0 Å². The molecule has 3 aromatic rings. The summed E-state index contributed by atoms with van der Waals surface area (Å²) in [5.74, 6) is 0.264. The second-order valence-electron chi connectivity index (χ2n) is 6.56. The normalized spacial score (nSPS) is 19.0. The Morgan fingerprint density at radius 2 is 2.08 bits per heavy atom. The number of aryl methyl sites for hydroxylation is 1. The van der Waals surface area contributed by atoms with Gasteiger partial charge in [-0.05, 0) is 48.6 Å². The van der Waals surface area contributed by atoms with Gasteiger partial charge in [-0.3, -0.25) is 4.79 Å². The van der Waals surface area contributed by atoms with E-state index < -0.39 is 5.60 Å². The Balaban J connectivity index is 1.51. The van der Waals surface area contributed by atoms with Gasteiger partial charge in [0.1, 0.15) is 11.3 Å². The van der Waals surface area contributed by atoms with Gasteiger partial charge in [0.15, 0.2) is 5.82 Å². The van der Waals surface area contributed by atoms with Crippen molar-refractivity contribution in [1.29, 1.82) is 0 Å². The summed E-state index contributed by atoms with van der Waals surface area (Å²) in [6.45, 7) is 0.163. The minimum Gasteiger partial charge on any atom is -0.383 e. The number of aromatic nitrogens is 3. The highest BCUT2D eigenvalue weighted by molar-refractivity contribution is 5.92. The molecule has 1 aliphatic rings. The molecule has 1 unspecified atom stereocenters. The molecule has 1 aliphatic carbocycles. The molecule has 1 atom stereocenters. The average Bonchev–Trinajstić information content (AvgIpc) is 3.22. The molecule has 1 aromatic carbocycles. The number of nitrogens with one attached hydrogen (secondary N) is 1. The molecule has 0 spiro atoms. The minimum absolute atomic E-state index is 0.163. The Hall–Kier alpha value is -2.99. The summed E-state index contributed by atoms with van der Waals surface area (Å²) in [6, 6.07) is 14.9. The van der Waals surface area contributed by atoms with E-state index in [1.165, 1.54) is 0 Å². The van der Waals surface area contributed by atoms with Crippen LogP contribution in [0.2, 0.25) is 0 Å². The molecule has 2 heterocycles. The van der Waals surface area contributed by atoms with Gasteiger partial charge in [-0.25, -0.2) is 9.67 Å². The number of nitrogens with zero attached hydrogens (tertiary/aromatic N) is 3. The number of rotatable bonds is 4. The van der Waals surface area contributed by atoms with Crippen LogP contribution in [0.1, 0.15) is 34.5 Å². The van der Waals surface area contributed by atoms with Crippen LogP contribution in [0, 0.1) is 0 Å². The maximum absolute atomic E-state index is 12.5. The molecule has 6 heteroatoms. The van der Waals surface area contributed by atoms with Crippen molar-refractivity contribution in [2.24, 2.45) is 0 Å². The van der Waals surface area contributed by atoms with E-state index in [9.17, 15) is 9.90 Å². The van der Waals surface area contributed by atoms with Crippen molar-refractivity contribution in [3.05, 3.63) is 77.7 Å². The lowest BCUT2D eigenvalue weighted by Gasteiger charge is -2.34. The molecule has 0 saturated heterocycles. The zero-order chi connectivity index (χ0) is 18.0. The molecule has 1 amide bonds. The van der Waals surface area contributed by atoms with E-state index in [2.05, 4.69) is 15.4 Å². The van der Waals surface area contributed by atoms with Crippen LogP contribution in [-0.2, 0) is 12.0 Å². The largest absolute Gasteiger partial charge is 0.383 e. The van der Waals surface area contributed by atoms with E-state index in [4.69, 9.17) is 0 Å². The van der Waals surface area contributed by atoms with Crippen molar-refractivity contribution in [2.45, 2.75) is 24.9 Å². The number of carbonyl (C=O) groups is 1. The maximum Gasteiger partial charge on any atom is 0.270 e. The van der Waals surface area contributed by atoms with Gasteiger partial charge in [0.25, 0.3) is 5.91 Å². The number of hydrogen-bond donors (Lipinski definition) is 2. The Morgan fingerprint density at radius 1 is 1.19 bits per heavy atom. The molecular weight excluding hydrogens is 328 g/mol. The molecule has 0 fully saturated rings. The smallest absolute Gasteiger partial charge is 0.270 e. The van der Waals surface area contributed by atoms with Crippen LogP contribution in [0.5, 0.6) is 0 Å². The Labute approximate surface area is 151 Å². The first-order valence-electron chi connectivity index (χ1n) is 8.72. The first-order chi connectivity index (χ1) is 12.7. The van der Waals surface area contributed by atoms with E-state index in [0.717, 1.165) is 24.0 Å². The van der Waals surface area contributed by atoms with Crippen LogP contribution in [-0.4, -0.2) is 32.3 Å². The zero-order valence-electron chi connectivity index (χ0n) is 14.3. The molecule has 26 heavy (non-hydrogen) atoms. The first kappa shape index (κ1) is 16.5. The summed E-state index contributed by atoms with van der Waals surface area (Å²) in [5.41, 5.74) is 1.31. The highest BCUT2D eigenvalue weighted by atomic mass is 16.3. The van der Waals surface area contributed by atoms with Crippen molar-refractivity contribution >= 4 is 5.91 Å². The molecule has 6 nitrogen and oxygen atoms in total. The van der Waals surface area contributed by atoms with Gasteiger partial charge in [0.05, 0.1) is 6.54 Å². The summed E-state index contributed by atoms with van der Waals surface area (Å²) in [7, 11) is 0. The van der Waals surface area contributed by atoms with Crippen molar-refractivity contribution in [1.82, 2.24) is 20.1 Å². The van der Waals surface area contributed by atoms with Gasteiger partial charge < -0.3 is 10.4 Å². The van der Waals surface area contributed by atoms with Crippen LogP contribution in [0.25, 0.3) is 5.82 Å². The highest BCUT2D eigenvalue weighted by Crippen LogP contribution is 2.34. The molecule has 0 saturated carbocycles. The third kappa shape index (κ3) is 3.11. The van der Waals surface area contributed by atoms with Crippen LogP contribution in [0.4, 0.5) is 0 Å². The molecule has 2 aromatic heterocycles. The highest BCUT2D eigenvalue weighted by Gasteiger charge is 2.34. The lowest BCUT2D eigenvalue weighted by molar-refractivity contribution is 0.0189. The third-order valence-electron chi connectivity index (χ3n) is 4.80. The number of carbonyl (C=O) groups excluding carboxylic acids is 1. The van der Waals surface area contributed by atoms with Crippen LogP contribution in [0.3, 0.4) is 0 Å². The second kappa shape index (κ2) is 6.72. The maximum atomic E-state index is 12.5. The fourth-order valence-electron chi connectivity index (χ4n) is 3.48. The number of hydrogen-bond acceptors (Lipinski definition) is 4. The predicted molar refractivity (Wildman–Crippen MR) is 97.0 cm³/mol. The minimum atomic E-state index is -1.04. The fourth-order valence-corrected chi connectivity index (χ4v) is 3.48. The van der Waals surface area contributed by atoms with E-state index in [0.29, 0.717) is 17.9 Å². The zero-order valence-corrected chi connectivity index (χ0v) is 14.3. The van der Waals surface area contributed by atoms with Crippen molar-refractivity contribution in [3.8, 4) is 5.82 Å². The van der Waals surface area contributed by atoms with Crippen molar-refractivity contribution in [2.75, 3.05) is 6.54 Å². The summed E-state index contributed by atoms with van der Waals surface area (Å²) in [6.07, 6.45) is 5.91. The summed E-state index contributed by atoms with van der Waals surface area (Å²) < 4.78 is 1.60. The summed E-state index contributed by atoms with van der Waals surface area (Å²) in [5, 5.41) is 18.0. The Kier molecular flexibility index (Phi) is 4.26. The Morgan fingerprint density at radius 3 is 2.92 bits per heavy atom. The molecule has 132 valence electrons. The molecule has 2 N–H and O–H groups in total. The van der Waals surface area contributed by atoms with Gasteiger partial charge in [0.2, 0.25) is 0 Å². The quantitative estimate of drug-likeness (QED) is 0.758. The van der Waals surface area contributed by atoms with E-state index in [1.807, 2.05) is 24.3 Å². The van der Waals surface area contributed by atoms with Gasteiger partial charge in [-0.1, -0.05) is 30.3 Å². The number of fused-ring (bicyclic) bond motifs is 1. The topological polar surface area (TPSA) is 80.0 Å². The van der Waals surface area contributed by atoms with Gasteiger partial charge in [-0.2, -0.15) is 5.10 Å². The third-order valence-corrected chi connectivity index (χ3v) is 4.80. The van der Waals surface area contributed by atoms with Gasteiger partial charge in [-0.15, -0.1) is 0 Å². The predicted octanol–water partition coefficient (Wildman–Crippen LogP) is 2.22. The lowest BCUT2D eigenvalue weighted by atomic mass is 9.79. The summed E-state index contributed by atoms with van der Waals surface area (Å²) in [4.78, 5) is 16.9. The van der Waals surface area contributed by atoms with Crippen LogP contribution < -0.4 is 5.32 Å². The molecular formula is C20H20N4O2. The first-order valence-corrected chi connectivity index (χ1v) is 8.72. The summed E-state index contributed by atoms with van der Waals surface area (Å²) >= 11 is 0. The van der Waals surface area contributed by atoms with Gasteiger partial charge in [0, 0.05) is 12.4 Å². The number of pyridine rings is 1. The van der Waals surface area contributed by atoms with Crippen molar-refractivity contribution < 1.29 is 9.90 Å². The van der Waals surface area contributed by atoms with Crippen LogP contribution >= 0.6 is 0 Å². The Bertz CT molecular complexity index is 923. The molecule has 0 bridgehead atoms. The fraction of sp³-hybridized carbons (Fsp3) is 0.250. The standard InChI is InChI=1S/C20H20N4O2/c25-19(17-9-3-10-18(23-17)24-13-5-12-22-24)21-14-20(26)11-4-7-15-6-1-2-8-16(15)20/h1-3,5-6,8-10,12-13,26H,4,7,11,14H2,(H,21,25). The molecule has 4 rings (SSSR count). The number of benzene rings is 1. The van der Waals surface area contributed by atoms with E-state index in [1.54, 1.807) is 41.3 Å². The number of amides is 1. The number of aliphatic hydroxyl groups is 1.